The van der Waals surface area contributed by atoms with Gasteiger partial charge in [-0.2, -0.15) is 5.10 Å². The number of thiophene rings is 1. The highest BCUT2D eigenvalue weighted by Gasteiger charge is 2.46. The molecule has 0 atom stereocenters. The van der Waals surface area contributed by atoms with E-state index in [9.17, 15) is 0 Å². The quantitative estimate of drug-likeness (QED) is 0.191. The normalized spacial score (nSPS) is 13.6. The van der Waals surface area contributed by atoms with Crippen molar-refractivity contribution in [2.45, 2.75) is 5.41 Å². The minimum Gasteiger partial charge on any atom is -0.298 e. The van der Waals surface area contributed by atoms with Gasteiger partial charge in [-0.3, -0.25) is 4.57 Å². The highest BCUT2D eigenvalue weighted by atomic mass is 32.1. The van der Waals surface area contributed by atoms with E-state index in [-0.39, 0.29) is 0 Å². The van der Waals surface area contributed by atoms with E-state index in [2.05, 4.69) is 168 Å². The summed E-state index contributed by atoms with van der Waals surface area (Å²) in [5, 5.41) is 10.0. The highest BCUT2D eigenvalue weighted by Crippen LogP contribution is 2.58. The van der Waals surface area contributed by atoms with Crippen LogP contribution in [-0.4, -0.2) is 14.2 Å². The van der Waals surface area contributed by atoms with Crippen molar-refractivity contribution in [3.8, 4) is 16.8 Å². The van der Waals surface area contributed by atoms with Gasteiger partial charge in [0.1, 0.15) is 4.83 Å². The van der Waals surface area contributed by atoms with Crippen LogP contribution >= 0.6 is 11.3 Å². The van der Waals surface area contributed by atoms with Crippen LogP contribution in [0.1, 0.15) is 22.3 Å². The SMILES string of the molecule is c1ccc(C2(c3ccccc3)c3ccccc3-c3cc4c(cc32)c2c3ccccc3sc2n4-c2cccn3nc4ccccc4c23)cc1. The molecule has 11 rings (SSSR count). The Morgan fingerprint density at radius 1 is 0.542 bits per heavy atom. The summed E-state index contributed by atoms with van der Waals surface area (Å²) in [6.07, 6.45) is 2.06. The average molecular weight is 630 g/mol. The molecule has 1 aliphatic carbocycles. The van der Waals surface area contributed by atoms with Gasteiger partial charge in [0, 0.05) is 32.4 Å². The number of nitrogens with zero attached hydrogens (tertiary/aromatic N) is 3. The van der Waals surface area contributed by atoms with Gasteiger partial charge in [0.2, 0.25) is 0 Å². The number of hydrogen-bond donors (Lipinski definition) is 0. The van der Waals surface area contributed by atoms with Crippen LogP contribution in [0.5, 0.6) is 0 Å². The van der Waals surface area contributed by atoms with Gasteiger partial charge in [-0.25, -0.2) is 4.52 Å². The predicted molar refractivity (Wildman–Crippen MR) is 200 cm³/mol. The lowest BCUT2D eigenvalue weighted by molar-refractivity contribution is 0.769. The molecule has 4 heterocycles. The van der Waals surface area contributed by atoms with Crippen molar-refractivity contribution in [3.05, 3.63) is 186 Å². The second-order valence-corrected chi connectivity index (χ2v) is 13.8. The molecule has 224 valence electrons. The molecule has 48 heavy (non-hydrogen) atoms. The predicted octanol–water partition coefficient (Wildman–Crippen LogP) is 11.2. The van der Waals surface area contributed by atoms with Crippen LogP contribution in [0.4, 0.5) is 0 Å². The smallest absolute Gasteiger partial charge is 0.109 e. The highest BCUT2D eigenvalue weighted by molar-refractivity contribution is 7.25. The fourth-order valence-corrected chi connectivity index (χ4v) is 9.79. The van der Waals surface area contributed by atoms with Crippen LogP contribution in [0.3, 0.4) is 0 Å². The minimum atomic E-state index is -0.454. The third kappa shape index (κ3) is 3.25. The monoisotopic (exact) mass is 629 g/mol. The van der Waals surface area contributed by atoms with E-state index in [4.69, 9.17) is 5.10 Å². The summed E-state index contributed by atoms with van der Waals surface area (Å²) in [5.41, 5.74) is 11.8. The van der Waals surface area contributed by atoms with Crippen LogP contribution in [0, 0.1) is 0 Å². The summed E-state index contributed by atoms with van der Waals surface area (Å²) in [7, 11) is 0. The van der Waals surface area contributed by atoms with Crippen molar-refractivity contribution in [2.24, 2.45) is 0 Å². The Kier molecular flexibility index (Phi) is 5.19. The number of fused-ring (bicyclic) bond motifs is 11. The van der Waals surface area contributed by atoms with Crippen LogP contribution < -0.4 is 0 Å². The Balaban J connectivity index is 1.35. The molecule has 0 amide bonds. The van der Waals surface area contributed by atoms with Crippen molar-refractivity contribution in [1.82, 2.24) is 14.2 Å². The molecule has 0 fully saturated rings. The summed E-state index contributed by atoms with van der Waals surface area (Å²) in [6, 6.07) is 57.9. The van der Waals surface area contributed by atoms with Gasteiger partial charge in [-0.15, -0.1) is 11.3 Å². The zero-order valence-corrected chi connectivity index (χ0v) is 26.7. The standard InChI is InChI=1S/C44H27N3S/c1-3-14-28(15-4-1)44(29-16-5-2-6-17-29)35-21-10-7-18-30(35)33-27-39-34(26-36(33)44)41-32-20-9-12-24-40(32)48-43(41)47(39)38-23-13-25-46-42(38)31-19-8-11-22-37(31)45-46/h1-27H. The van der Waals surface area contributed by atoms with E-state index >= 15 is 0 Å². The van der Waals surface area contributed by atoms with E-state index in [1.165, 1.54) is 64.6 Å². The maximum Gasteiger partial charge on any atom is 0.109 e. The van der Waals surface area contributed by atoms with E-state index in [0.29, 0.717) is 0 Å². The Morgan fingerprint density at radius 3 is 2.04 bits per heavy atom. The Bertz CT molecular complexity index is 2850. The number of pyridine rings is 1. The number of rotatable bonds is 3. The van der Waals surface area contributed by atoms with Gasteiger partial charge in [-0.1, -0.05) is 121 Å². The molecule has 4 heteroatoms. The lowest BCUT2D eigenvalue weighted by atomic mass is 9.67. The van der Waals surface area contributed by atoms with E-state index in [0.717, 1.165) is 22.1 Å². The van der Waals surface area contributed by atoms with Gasteiger partial charge in [0.15, 0.2) is 0 Å². The largest absolute Gasteiger partial charge is 0.298 e. The molecule has 0 N–H and O–H groups in total. The second kappa shape index (κ2) is 9.54. The number of hydrogen-bond acceptors (Lipinski definition) is 2. The lowest BCUT2D eigenvalue weighted by Gasteiger charge is -2.34. The van der Waals surface area contributed by atoms with Crippen molar-refractivity contribution in [1.29, 1.82) is 0 Å². The second-order valence-electron chi connectivity index (χ2n) is 12.8. The Hall–Kier alpha value is -5.97. The van der Waals surface area contributed by atoms with E-state index in [1.807, 2.05) is 15.9 Å². The molecule has 0 aliphatic heterocycles. The number of benzene rings is 6. The van der Waals surface area contributed by atoms with Crippen molar-refractivity contribution in [3.63, 3.8) is 0 Å². The molecule has 10 aromatic rings. The van der Waals surface area contributed by atoms with Crippen LogP contribution in [0.25, 0.3) is 64.4 Å². The zero-order valence-electron chi connectivity index (χ0n) is 25.8. The topological polar surface area (TPSA) is 22.2 Å². The summed E-state index contributed by atoms with van der Waals surface area (Å²) in [5.74, 6) is 0. The fraction of sp³-hybridized carbons (Fsp3) is 0.0227. The molecular weight excluding hydrogens is 603 g/mol. The first-order valence-corrected chi connectivity index (χ1v) is 17.2. The molecule has 4 aromatic heterocycles. The summed E-state index contributed by atoms with van der Waals surface area (Å²) >= 11 is 1.87. The van der Waals surface area contributed by atoms with E-state index < -0.39 is 5.41 Å². The third-order valence-electron chi connectivity index (χ3n) is 10.4. The molecule has 0 spiro atoms. The summed E-state index contributed by atoms with van der Waals surface area (Å²) in [6.45, 7) is 0. The van der Waals surface area contributed by atoms with Gasteiger partial charge >= 0.3 is 0 Å². The Labute approximate surface area is 280 Å². The average Bonchev–Trinajstić information content (AvgIpc) is 3.87. The first kappa shape index (κ1) is 26.1. The molecule has 1 aliphatic rings. The molecule has 0 bridgehead atoms. The molecular formula is C44H27N3S. The third-order valence-corrected chi connectivity index (χ3v) is 11.6. The van der Waals surface area contributed by atoms with Crippen LogP contribution in [-0.2, 0) is 5.41 Å². The number of aromatic nitrogens is 3. The zero-order chi connectivity index (χ0) is 31.4. The van der Waals surface area contributed by atoms with Gasteiger partial charge in [0.25, 0.3) is 0 Å². The first-order chi connectivity index (χ1) is 23.8. The van der Waals surface area contributed by atoms with Crippen molar-refractivity contribution in [2.75, 3.05) is 0 Å². The molecule has 0 radical (unpaired) electrons. The fourth-order valence-electron chi connectivity index (χ4n) is 8.55. The van der Waals surface area contributed by atoms with Crippen molar-refractivity contribution < 1.29 is 0 Å². The minimum absolute atomic E-state index is 0.454. The lowest BCUT2D eigenvalue weighted by Crippen LogP contribution is -2.28. The molecule has 3 nitrogen and oxygen atoms in total. The molecule has 0 unspecified atom stereocenters. The maximum absolute atomic E-state index is 4.97. The van der Waals surface area contributed by atoms with Gasteiger partial charge < -0.3 is 0 Å². The maximum atomic E-state index is 4.97. The van der Waals surface area contributed by atoms with Gasteiger partial charge in [0.05, 0.1) is 27.7 Å². The van der Waals surface area contributed by atoms with Gasteiger partial charge in [-0.05, 0) is 69.8 Å². The van der Waals surface area contributed by atoms with Crippen molar-refractivity contribution >= 4 is 59.0 Å². The summed E-state index contributed by atoms with van der Waals surface area (Å²) < 4.78 is 5.85. The van der Waals surface area contributed by atoms with Crippen LogP contribution in [0.2, 0.25) is 0 Å². The molecule has 0 saturated carbocycles. The van der Waals surface area contributed by atoms with Crippen LogP contribution in [0.15, 0.2) is 164 Å². The summed E-state index contributed by atoms with van der Waals surface area (Å²) in [4.78, 5) is 1.26. The van der Waals surface area contributed by atoms with E-state index in [1.54, 1.807) is 0 Å². The Morgan fingerprint density at radius 2 is 1.23 bits per heavy atom. The molecule has 6 aromatic carbocycles. The first-order valence-electron chi connectivity index (χ1n) is 16.4. The molecule has 0 saturated heterocycles.